The van der Waals surface area contributed by atoms with Gasteiger partial charge >= 0.3 is 0 Å². The van der Waals surface area contributed by atoms with Gasteiger partial charge < -0.3 is 10.2 Å². The van der Waals surface area contributed by atoms with E-state index in [1.165, 1.54) is 17.0 Å². The van der Waals surface area contributed by atoms with E-state index in [-0.39, 0.29) is 23.4 Å². The van der Waals surface area contributed by atoms with Crippen LogP contribution in [0.25, 0.3) is 0 Å². The van der Waals surface area contributed by atoms with Gasteiger partial charge in [-0.15, -0.1) is 0 Å². The SMILES string of the molecule is Cc1ccc(S(=O)(=O)N(CC(=O)N(CCc2ccccc2)C(C)C(=O)NC2CCCC2)c2ccc(Cl)cc2)cc1. The maximum atomic E-state index is 13.9. The van der Waals surface area contributed by atoms with Gasteiger partial charge in [-0.2, -0.15) is 0 Å². The Kier molecular flexibility index (Phi) is 9.87. The molecule has 7 nitrogen and oxygen atoms in total. The molecule has 0 spiro atoms. The molecule has 0 aliphatic heterocycles. The van der Waals surface area contributed by atoms with Gasteiger partial charge in [-0.1, -0.05) is 72.5 Å². The maximum Gasteiger partial charge on any atom is 0.264 e. The van der Waals surface area contributed by atoms with E-state index >= 15 is 0 Å². The Balaban J connectivity index is 1.63. The summed E-state index contributed by atoms with van der Waals surface area (Å²) >= 11 is 6.08. The molecule has 0 radical (unpaired) electrons. The molecule has 1 saturated carbocycles. The van der Waals surface area contributed by atoms with Gasteiger partial charge in [-0.25, -0.2) is 8.42 Å². The molecule has 9 heteroatoms. The molecule has 4 rings (SSSR count). The Morgan fingerprint density at radius 3 is 2.20 bits per heavy atom. The zero-order valence-electron chi connectivity index (χ0n) is 22.9. The predicted octanol–water partition coefficient (Wildman–Crippen LogP) is 5.36. The lowest BCUT2D eigenvalue weighted by Gasteiger charge is -2.32. The van der Waals surface area contributed by atoms with Crippen LogP contribution in [0.3, 0.4) is 0 Å². The molecule has 1 unspecified atom stereocenters. The van der Waals surface area contributed by atoms with Gasteiger partial charge in [0.05, 0.1) is 10.6 Å². The first-order chi connectivity index (χ1) is 19.1. The van der Waals surface area contributed by atoms with Crippen LogP contribution in [0.15, 0.2) is 83.8 Å². The number of anilines is 1. The number of hydrogen-bond donors (Lipinski definition) is 1. The molecule has 1 fully saturated rings. The topological polar surface area (TPSA) is 86.8 Å². The van der Waals surface area contributed by atoms with Crippen LogP contribution in [0.4, 0.5) is 5.69 Å². The van der Waals surface area contributed by atoms with Crippen LogP contribution < -0.4 is 9.62 Å². The number of hydrogen-bond acceptors (Lipinski definition) is 4. The van der Waals surface area contributed by atoms with Crippen molar-refractivity contribution < 1.29 is 18.0 Å². The van der Waals surface area contributed by atoms with Crippen molar-refractivity contribution in [1.29, 1.82) is 0 Å². The van der Waals surface area contributed by atoms with Crippen molar-refractivity contribution in [1.82, 2.24) is 10.2 Å². The van der Waals surface area contributed by atoms with Gasteiger partial charge in [0, 0.05) is 17.6 Å². The van der Waals surface area contributed by atoms with E-state index < -0.39 is 28.5 Å². The lowest BCUT2D eigenvalue weighted by molar-refractivity contribution is -0.139. The highest BCUT2D eigenvalue weighted by molar-refractivity contribution is 7.92. The molecule has 0 saturated heterocycles. The van der Waals surface area contributed by atoms with Crippen molar-refractivity contribution in [3.05, 3.63) is 95.0 Å². The van der Waals surface area contributed by atoms with E-state index in [4.69, 9.17) is 11.6 Å². The number of nitrogens with zero attached hydrogens (tertiary/aromatic N) is 2. The quantitative estimate of drug-likeness (QED) is 0.330. The molecular formula is C31H36ClN3O4S. The minimum absolute atomic E-state index is 0.0729. The zero-order chi connectivity index (χ0) is 28.7. The second-order valence-electron chi connectivity index (χ2n) is 10.3. The van der Waals surface area contributed by atoms with Gasteiger partial charge in [0.2, 0.25) is 11.8 Å². The van der Waals surface area contributed by atoms with Crippen molar-refractivity contribution in [3.63, 3.8) is 0 Å². The molecule has 0 aromatic heterocycles. The number of benzene rings is 3. The second-order valence-corrected chi connectivity index (χ2v) is 12.6. The first kappa shape index (κ1) is 29.6. The van der Waals surface area contributed by atoms with Crippen LogP contribution in [0, 0.1) is 6.92 Å². The van der Waals surface area contributed by atoms with Gasteiger partial charge in [-0.3, -0.25) is 13.9 Å². The van der Waals surface area contributed by atoms with Crippen molar-refractivity contribution in [2.75, 3.05) is 17.4 Å². The highest BCUT2D eigenvalue weighted by atomic mass is 35.5. The third-order valence-corrected chi connectivity index (χ3v) is 9.40. The van der Waals surface area contributed by atoms with Crippen LogP contribution in [0.1, 0.15) is 43.7 Å². The molecule has 1 aliphatic carbocycles. The number of amides is 2. The number of aryl methyl sites for hydroxylation is 1. The van der Waals surface area contributed by atoms with Crippen LogP contribution in [-0.2, 0) is 26.0 Å². The molecule has 212 valence electrons. The molecule has 3 aromatic rings. The normalized spacial score (nSPS) is 14.5. The number of rotatable bonds is 11. The van der Waals surface area contributed by atoms with Crippen molar-refractivity contribution >= 4 is 39.1 Å². The zero-order valence-corrected chi connectivity index (χ0v) is 24.5. The van der Waals surface area contributed by atoms with Gasteiger partial charge in [0.15, 0.2) is 0 Å². The van der Waals surface area contributed by atoms with E-state index in [9.17, 15) is 18.0 Å². The summed E-state index contributed by atoms with van der Waals surface area (Å²) in [5.41, 5.74) is 2.25. The summed E-state index contributed by atoms with van der Waals surface area (Å²) in [6.07, 6.45) is 4.52. The summed E-state index contributed by atoms with van der Waals surface area (Å²) in [4.78, 5) is 28.8. The Hall–Kier alpha value is -3.36. The minimum Gasteiger partial charge on any atom is -0.352 e. The molecule has 40 heavy (non-hydrogen) atoms. The highest BCUT2D eigenvalue weighted by Gasteiger charge is 2.33. The fraction of sp³-hybridized carbons (Fsp3) is 0.355. The Bertz CT molecular complexity index is 1390. The minimum atomic E-state index is -4.10. The molecular weight excluding hydrogens is 546 g/mol. The average Bonchev–Trinajstić information content (AvgIpc) is 3.46. The third kappa shape index (κ3) is 7.43. The average molecular weight is 582 g/mol. The van der Waals surface area contributed by atoms with Crippen LogP contribution in [0.2, 0.25) is 5.02 Å². The standard InChI is InChI=1S/C31H36ClN3O4S/c1-23-12-18-29(19-13-23)40(38,39)35(28-16-14-26(32)15-17-28)22-30(36)34(21-20-25-8-4-3-5-9-25)24(2)31(37)33-27-10-6-7-11-27/h3-5,8-9,12-19,24,27H,6-7,10-11,20-22H2,1-2H3,(H,33,37). The number of carbonyl (C=O) groups excluding carboxylic acids is 2. The number of sulfonamides is 1. The third-order valence-electron chi connectivity index (χ3n) is 7.36. The fourth-order valence-electron chi connectivity index (χ4n) is 4.94. The van der Waals surface area contributed by atoms with Crippen LogP contribution in [0.5, 0.6) is 0 Å². The Morgan fingerprint density at radius 2 is 1.57 bits per heavy atom. The summed E-state index contributed by atoms with van der Waals surface area (Å²) in [5.74, 6) is -0.691. The molecule has 1 N–H and O–H groups in total. The van der Waals surface area contributed by atoms with Gasteiger partial charge in [-0.05, 0) is 75.1 Å². The van der Waals surface area contributed by atoms with Gasteiger partial charge in [0.1, 0.15) is 12.6 Å². The number of halogens is 1. The molecule has 0 bridgehead atoms. The van der Waals surface area contributed by atoms with Crippen molar-refractivity contribution in [2.24, 2.45) is 0 Å². The van der Waals surface area contributed by atoms with E-state index in [1.54, 1.807) is 43.3 Å². The van der Waals surface area contributed by atoms with E-state index in [2.05, 4.69) is 5.32 Å². The summed E-state index contributed by atoms with van der Waals surface area (Å²) in [6.45, 7) is 3.38. The van der Waals surface area contributed by atoms with Crippen molar-refractivity contribution in [2.45, 2.75) is 62.9 Å². The fourth-order valence-corrected chi connectivity index (χ4v) is 6.48. The molecule has 1 atom stereocenters. The summed E-state index contributed by atoms with van der Waals surface area (Å²) < 4.78 is 28.8. The van der Waals surface area contributed by atoms with E-state index in [1.807, 2.05) is 37.3 Å². The van der Waals surface area contributed by atoms with E-state index in [0.717, 1.165) is 41.1 Å². The van der Waals surface area contributed by atoms with Crippen LogP contribution >= 0.6 is 11.6 Å². The number of nitrogens with one attached hydrogen (secondary N) is 1. The predicted molar refractivity (Wildman–Crippen MR) is 159 cm³/mol. The summed E-state index contributed by atoms with van der Waals surface area (Å²) in [5, 5.41) is 3.53. The van der Waals surface area contributed by atoms with E-state index in [0.29, 0.717) is 17.1 Å². The monoisotopic (exact) mass is 581 g/mol. The summed E-state index contributed by atoms with van der Waals surface area (Å²) in [6, 6.07) is 21.9. The number of carbonyl (C=O) groups is 2. The largest absolute Gasteiger partial charge is 0.352 e. The lowest BCUT2D eigenvalue weighted by atomic mass is 10.1. The Labute approximate surface area is 242 Å². The smallest absolute Gasteiger partial charge is 0.264 e. The first-order valence-electron chi connectivity index (χ1n) is 13.6. The lowest BCUT2D eigenvalue weighted by Crippen LogP contribution is -2.53. The van der Waals surface area contributed by atoms with Gasteiger partial charge in [0.25, 0.3) is 10.0 Å². The first-order valence-corrected chi connectivity index (χ1v) is 15.5. The highest BCUT2D eigenvalue weighted by Crippen LogP contribution is 2.26. The maximum absolute atomic E-state index is 13.9. The summed E-state index contributed by atoms with van der Waals surface area (Å²) in [7, 11) is -4.10. The molecule has 1 aliphatic rings. The van der Waals surface area contributed by atoms with Crippen LogP contribution in [-0.4, -0.2) is 50.3 Å². The second kappa shape index (κ2) is 13.3. The Morgan fingerprint density at radius 1 is 0.950 bits per heavy atom. The molecule has 3 aromatic carbocycles. The van der Waals surface area contributed by atoms with Crippen molar-refractivity contribution in [3.8, 4) is 0 Å². The molecule has 0 heterocycles. The molecule has 2 amide bonds.